The van der Waals surface area contributed by atoms with Crippen LogP contribution >= 0.6 is 0 Å². The Morgan fingerprint density at radius 2 is 2.12 bits per heavy atom. The predicted octanol–water partition coefficient (Wildman–Crippen LogP) is 2.70. The Balaban J connectivity index is 2.01. The molecular weight excluding hydrogens is 229 g/mol. The van der Waals surface area contributed by atoms with E-state index in [0.29, 0.717) is 0 Å². The minimum absolute atomic E-state index is 0.268. The fourth-order valence-corrected chi connectivity index (χ4v) is 2.09. The van der Waals surface area contributed by atoms with Gasteiger partial charge in [-0.05, 0) is 30.0 Å². The van der Waals surface area contributed by atoms with Gasteiger partial charge in [0.2, 0.25) is 0 Å². The van der Waals surface area contributed by atoms with E-state index in [1.165, 1.54) is 0 Å². The summed E-state index contributed by atoms with van der Waals surface area (Å²) in [5.41, 5.74) is 3.16. The number of benzene rings is 1. The SMILES string of the molecule is FC(F)(F)CNCc1cccc2c1CCCN2. The van der Waals surface area contributed by atoms with Crippen molar-refractivity contribution in [3.05, 3.63) is 29.3 Å². The molecular formula is C12H15F3N2. The molecule has 0 saturated heterocycles. The molecule has 1 aromatic rings. The number of hydrogen-bond acceptors (Lipinski definition) is 2. The highest BCUT2D eigenvalue weighted by Crippen LogP contribution is 2.25. The van der Waals surface area contributed by atoms with Crippen LogP contribution in [0.15, 0.2) is 18.2 Å². The quantitative estimate of drug-likeness (QED) is 0.854. The maximum absolute atomic E-state index is 12.0. The first-order valence-electron chi connectivity index (χ1n) is 5.68. The molecule has 1 aliphatic heterocycles. The van der Waals surface area contributed by atoms with Gasteiger partial charge in [0.15, 0.2) is 0 Å². The summed E-state index contributed by atoms with van der Waals surface area (Å²) in [6.07, 6.45) is -2.18. The lowest BCUT2D eigenvalue weighted by Crippen LogP contribution is -2.29. The molecule has 1 aromatic carbocycles. The van der Waals surface area contributed by atoms with E-state index < -0.39 is 12.7 Å². The Morgan fingerprint density at radius 3 is 2.88 bits per heavy atom. The number of alkyl halides is 3. The van der Waals surface area contributed by atoms with Crippen LogP contribution in [0.3, 0.4) is 0 Å². The molecule has 0 aromatic heterocycles. The fraction of sp³-hybridized carbons (Fsp3) is 0.500. The van der Waals surface area contributed by atoms with Crippen LogP contribution in [0, 0.1) is 0 Å². The molecule has 2 nitrogen and oxygen atoms in total. The molecule has 0 bridgehead atoms. The van der Waals surface area contributed by atoms with Gasteiger partial charge in [-0.1, -0.05) is 12.1 Å². The van der Waals surface area contributed by atoms with Crippen LogP contribution in [0.4, 0.5) is 18.9 Å². The zero-order valence-corrected chi connectivity index (χ0v) is 9.40. The molecule has 94 valence electrons. The molecule has 0 aliphatic carbocycles. The molecule has 0 radical (unpaired) electrons. The molecule has 0 fully saturated rings. The second kappa shape index (κ2) is 4.96. The highest BCUT2D eigenvalue weighted by Gasteiger charge is 2.26. The Bertz CT molecular complexity index is 388. The van der Waals surface area contributed by atoms with Crippen LogP contribution in [-0.4, -0.2) is 19.3 Å². The van der Waals surface area contributed by atoms with E-state index in [0.717, 1.165) is 36.2 Å². The second-order valence-electron chi connectivity index (χ2n) is 4.19. The lowest BCUT2D eigenvalue weighted by molar-refractivity contribution is -0.125. The summed E-state index contributed by atoms with van der Waals surface area (Å²) in [7, 11) is 0. The van der Waals surface area contributed by atoms with E-state index in [9.17, 15) is 13.2 Å². The van der Waals surface area contributed by atoms with Crippen molar-refractivity contribution >= 4 is 5.69 Å². The molecule has 17 heavy (non-hydrogen) atoms. The van der Waals surface area contributed by atoms with Crippen molar-refractivity contribution in [2.45, 2.75) is 25.6 Å². The number of anilines is 1. The lowest BCUT2D eigenvalue weighted by atomic mass is 9.97. The smallest absolute Gasteiger partial charge is 0.385 e. The number of nitrogens with one attached hydrogen (secondary N) is 2. The average molecular weight is 244 g/mol. The second-order valence-corrected chi connectivity index (χ2v) is 4.19. The number of rotatable bonds is 3. The van der Waals surface area contributed by atoms with E-state index in [1.54, 1.807) is 0 Å². The highest BCUT2D eigenvalue weighted by atomic mass is 19.4. The Kier molecular flexibility index (Phi) is 3.57. The highest BCUT2D eigenvalue weighted by molar-refractivity contribution is 5.56. The Labute approximate surface area is 98.2 Å². The molecule has 2 N–H and O–H groups in total. The topological polar surface area (TPSA) is 24.1 Å². The molecule has 1 heterocycles. The third-order valence-corrected chi connectivity index (χ3v) is 2.83. The number of hydrogen-bond donors (Lipinski definition) is 2. The van der Waals surface area contributed by atoms with Gasteiger partial charge in [0.1, 0.15) is 0 Å². The van der Waals surface area contributed by atoms with Crippen LogP contribution in [0.2, 0.25) is 0 Å². The number of fused-ring (bicyclic) bond motifs is 1. The number of halogens is 3. The van der Waals surface area contributed by atoms with Crippen molar-refractivity contribution in [3.63, 3.8) is 0 Å². The summed E-state index contributed by atoms with van der Waals surface area (Å²) in [4.78, 5) is 0. The predicted molar refractivity (Wildman–Crippen MR) is 61.0 cm³/mol. The zero-order valence-electron chi connectivity index (χ0n) is 9.40. The zero-order chi connectivity index (χ0) is 12.3. The van der Waals surface area contributed by atoms with Crippen molar-refractivity contribution in [1.29, 1.82) is 0 Å². The van der Waals surface area contributed by atoms with Crippen molar-refractivity contribution in [2.24, 2.45) is 0 Å². The minimum Gasteiger partial charge on any atom is -0.385 e. The largest absolute Gasteiger partial charge is 0.401 e. The van der Waals surface area contributed by atoms with Crippen molar-refractivity contribution in [3.8, 4) is 0 Å². The van der Waals surface area contributed by atoms with Gasteiger partial charge in [0.05, 0.1) is 6.54 Å². The maximum atomic E-state index is 12.0. The minimum atomic E-state index is -4.15. The summed E-state index contributed by atoms with van der Waals surface area (Å²) < 4.78 is 36.1. The first-order chi connectivity index (χ1) is 8.06. The maximum Gasteiger partial charge on any atom is 0.401 e. The normalized spacial score (nSPS) is 15.2. The van der Waals surface area contributed by atoms with E-state index >= 15 is 0 Å². The van der Waals surface area contributed by atoms with Crippen molar-refractivity contribution < 1.29 is 13.2 Å². The summed E-state index contributed by atoms with van der Waals surface area (Å²) in [5.74, 6) is 0. The summed E-state index contributed by atoms with van der Waals surface area (Å²) in [6.45, 7) is 0.265. The van der Waals surface area contributed by atoms with Gasteiger partial charge in [0, 0.05) is 18.8 Å². The summed E-state index contributed by atoms with van der Waals surface area (Å²) in [5, 5.41) is 5.70. The van der Waals surface area contributed by atoms with Gasteiger partial charge in [0.25, 0.3) is 0 Å². The van der Waals surface area contributed by atoms with Crippen LogP contribution in [0.25, 0.3) is 0 Å². The Morgan fingerprint density at radius 1 is 1.29 bits per heavy atom. The van der Waals surface area contributed by atoms with Crippen LogP contribution in [-0.2, 0) is 13.0 Å². The van der Waals surface area contributed by atoms with E-state index in [-0.39, 0.29) is 6.54 Å². The van der Waals surface area contributed by atoms with Gasteiger partial charge in [-0.25, -0.2) is 0 Å². The molecule has 1 aliphatic rings. The van der Waals surface area contributed by atoms with Crippen LogP contribution in [0.5, 0.6) is 0 Å². The first-order valence-corrected chi connectivity index (χ1v) is 5.68. The van der Waals surface area contributed by atoms with Gasteiger partial charge in [-0.15, -0.1) is 0 Å². The summed E-state index contributed by atoms with van der Waals surface area (Å²) >= 11 is 0. The van der Waals surface area contributed by atoms with Crippen LogP contribution in [0.1, 0.15) is 17.5 Å². The summed E-state index contributed by atoms with van der Waals surface area (Å²) in [6, 6.07) is 5.73. The molecule has 0 unspecified atom stereocenters. The lowest BCUT2D eigenvalue weighted by Gasteiger charge is -2.21. The van der Waals surface area contributed by atoms with Gasteiger partial charge in [-0.3, -0.25) is 0 Å². The van der Waals surface area contributed by atoms with E-state index in [1.807, 2.05) is 18.2 Å². The molecule has 0 saturated carbocycles. The van der Waals surface area contributed by atoms with Gasteiger partial charge >= 0.3 is 6.18 Å². The molecule has 2 rings (SSSR count). The average Bonchev–Trinajstić information content (AvgIpc) is 2.28. The van der Waals surface area contributed by atoms with Crippen LogP contribution < -0.4 is 10.6 Å². The fourth-order valence-electron chi connectivity index (χ4n) is 2.09. The monoisotopic (exact) mass is 244 g/mol. The van der Waals surface area contributed by atoms with Gasteiger partial charge < -0.3 is 10.6 Å². The standard InChI is InChI=1S/C12H15F3N2/c13-12(14,15)8-16-7-9-3-1-5-11-10(9)4-2-6-17-11/h1,3,5,16-17H,2,4,6-8H2. The van der Waals surface area contributed by atoms with Crippen molar-refractivity contribution in [1.82, 2.24) is 5.32 Å². The molecule has 0 spiro atoms. The first kappa shape index (κ1) is 12.2. The van der Waals surface area contributed by atoms with E-state index in [2.05, 4.69) is 10.6 Å². The van der Waals surface area contributed by atoms with E-state index in [4.69, 9.17) is 0 Å². The third kappa shape index (κ3) is 3.36. The molecule has 5 heteroatoms. The molecule has 0 atom stereocenters. The Hall–Kier alpha value is -1.23. The third-order valence-electron chi connectivity index (χ3n) is 2.83. The van der Waals surface area contributed by atoms with Gasteiger partial charge in [-0.2, -0.15) is 13.2 Å². The van der Waals surface area contributed by atoms with Crippen molar-refractivity contribution in [2.75, 3.05) is 18.4 Å². The molecule has 0 amide bonds.